The molecule has 0 radical (unpaired) electrons. The van der Waals surface area contributed by atoms with Gasteiger partial charge < -0.3 is 14.2 Å². The number of benzene rings is 3. The molecule has 0 aliphatic carbocycles. The van der Waals surface area contributed by atoms with E-state index in [-0.39, 0.29) is 11.7 Å². The quantitative estimate of drug-likeness (QED) is 0.175. The van der Waals surface area contributed by atoms with Crippen molar-refractivity contribution in [3.63, 3.8) is 0 Å². The van der Waals surface area contributed by atoms with E-state index >= 15 is 0 Å². The first kappa shape index (κ1) is 26.1. The summed E-state index contributed by atoms with van der Waals surface area (Å²) in [6.07, 6.45) is 1.53. The summed E-state index contributed by atoms with van der Waals surface area (Å²) in [6.45, 7) is 0. The molecule has 3 aromatic carbocycles. The average Bonchev–Trinajstić information content (AvgIpc) is 3.36. The molecular formula is C26H24ClN5O4S. The highest BCUT2D eigenvalue weighted by atomic mass is 35.5. The molecule has 0 aliphatic rings. The summed E-state index contributed by atoms with van der Waals surface area (Å²) in [6, 6.07) is 20.2. The summed E-state index contributed by atoms with van der Waals surface area (Å²) in [5.74, 6) is 2.33. The van der Waals surface area contributed by atoms with Crippen molar-refractivity contribution in [1.82, 2.24) is 20.2 Å². The van der Waals surface area contributed by atoms with Crippen LogP contribution in [0, 0.1) is 0 Å². The monoisotopic (exact) mass is 537 g/mol. The van der Waals surface area contributed by atoms with Crippen LogP contribution in [0.1, 0.15) is 5.56 Å². The number of aromatic nitrogens is 3. The van der Waals surface area contributed by atoms with Gasteiger partial charge in [0, 0.05) is 16.3 Å². The van der Waals surface area contributed by atoms with E-state index in [0.717, 1.165) is 22.6 Å². The van der Waals surface area contributed by atoms with Crippen molar-refractivity contribution in [3.05, 3.63) is 77.3 Å². The normalized spacial score (nSPS) is 10.9. The van der Waals surface area contributed by atoms with Crippen LogP contribution in [0.3, 0.4) is 0 Å². The summed E-state index contributed by atoms with van der Waals surface area (Å²) in [5.41, 5.74) is 4.94. The Morgan fingerprint density at radius 2 is 1.70 bits per heavy atom. The third-order valence-corrected chi connectivity index (χ3v) is 6.39. The van der Waals surface area contributed by atoms with Crippen molar-refractivity contribution in [2.45, 2.75) is 5.16 Å². The second-order valence-electron chi connectivity index (χ2n) is 7.54. The number of ether oxygens (including phenoxy) is 3. The zero-order valence-corrected chi connectivity index (χ0v) is 21.9. The molecule has 1 N–H and O–H groups in total. The lowest BCUT2D eigenvalue weighted by Gasteiger charge is -2.11. The molecule has 1 amide bonds. The number of hydrogen-bond donors (Lipinski definition) is 1. The first-order chi connectivity index (χ1) is 18.0. The van der Waals surface area contributed by atoms with Gasteiger partial charge in [-0.15, -0.1) is 10.2 Å². The predicted octanol–water partition coefficient (Wildman–Crippen LogP) is 4.86. The van der Waals surface area contributed by atoms with Crippen molar-refractivity contribution in [1.29, 1.82) is 0 Å². The van der Waals surface area contributed by atoms with Crippen molar-refractivity contribution in [3.8, 4) is 34.3 Å². The summed E-state index contributed by atoms with van der Waals surface area (Å²) in [4.78, 5) is 12.5. The Balaban J connectivity index is 1.48. The molecule has 1 heterocycles. The summed E-state index contributed by atoms with van der Waals surface area (Å²) in [5, 5.41) is 13.9. The van der Waals surface area contributed by atoms with Crippen molar-refractivity contribution < 1.29 is 19.0 Å². The van der Waals surface area contributed by atoms with Crippen molar-refractivity contribution in [2.75, 3.05) is 27.1 Å². The third-order valence-electron chi connectivity index (χ3n) is 5.21. The second kappa shape index (κ2) is 12.3. The first-order valence-corrected chi connectivity index (χ1v) is 12.4. The molecule has 0 fully saturated rings. The number of rotatable bonds is 10. The van der Waals surface area contributed by atoms with Crippen LogP contribution >= 0.6 is 23.4 Å². The minimum atomic E-state index is -0.293. The fourth-order valence-electron chi connectivity index (χ4n) is 3.39. The van der Waals surface area contributed by atoms with Gasteiger partial charge in [-0.1, -0.05) is 23.4 Å². The van der Waals surface area contributed by atoms with Gasteiger partial charge >= 0.3 is 0 Å². The van der Waals surface area contributed by atoms with Gasteiger partial charge in [0.25, 0.3) is 5.91 Å². The van der Waals surface area contributed by atoms with Gasteiger partial charge in [-0.25, -0.2) is 5.43 Å². The standard InChI is InChI=1S/C26H24ClN5O4S/c1-34-21-11-5-18(6-12-21)25-30-31-26(32(25)20-9-7-19(27)8-10-20)37-16-24(33)29-28-15-17-4-13-22(35-2)23(14-17)36-3/h4-15H,16H2,1-3H3,(H,29,33). The minimum Gasteiger partial charge on any atom is -0.497 e. The van der Waals surface area contributed by atoms with E-state index in [4.69, 9.17) is 25.8 Å². The Kier molecular flexibility index (Phi) is 8.65. The van der Waals surface area contributed by atoms with E-state index < -0.39 is 0 Å². The zero-order valence-electron chi connectivity index (χ0n) is 20.3. The Morgan fingerprint density at radius 3 is 2.38 bits per heavy atom. The molecule has 0 saturated heterocycles. The van der Waals surface area contributed by atoms with Gasteiger partial charge in [-0.05, 0) is 72.3 Å². The van der Waals surface area contributed by atoms with Crippen molar-refractivity contribution in [2.24, 2.45) is 5.10 Å². The number of hydrogen-bond acceptors (Lipinski definition) is 8. The molecule has 0 spiro atoms. The zero-order chi connectivity index (χ0) is 26.2. The third kappa shape index (κ3) is 6.41. The molecule has 0 unspecified atom stereocenters. The van der Waals surface area contributed by atoms with Gasteiger partial charge in [0.15, 0.2) is 22.5 Å². The molecule has 9 nitrogen and oxygen atoms in total. The number of methoxy groups -OCH3 is 3. The Bertz CT molecular complexity index is 1390. The van der Waals surface area contributed by atoms with Crippen LogP contribution < -0.4 is 19.6 Å². The number of carbonyl (C=O) groups excluding carboxylic acids is 1. The van der Waals surface area contributed by atoms with E-state index in [1.165, 1.54) is 18.0 Å². The second-order valence-corrected chi connectivity index (χ2v) is 8.92. The van der Waals surface area contributed by atoms with Crippen LogP contribution in [-0.2, 0) is 4.79 Å². The Hall–Kier alpha value is -4.02. The Morgan fingerprint density at radius 1 is 0.973 bits per heavy atom. The minimum absolute atomic E-state index is 0.0810. The molecule has 11 heteroatoms. The van der Waals surface area contributed by atoms with Crippen molar-refractivity contribution >= 4 is 35.5 Å². The summed E-state index contributed by atoms with van der Waals surface area (Å²) < 4.78 is 17.6. The number of thioether (sulfide) groups is 1. The fraction of sp³-hybridized carbons (Fsp3) is 0.154. The average molecular weight is 538 g/mol. The maximum Gasteiger partial charge on any atom is 0.250 e. The maximum absolute atomic E-state index is 12.5. The topological polar surface area (TPSA) is 99.9 Å². The number of nitrogens with zero attached hydrogens (tertiary/aromatic N) is 4. The number of nitrogens with one attached hydrogen (secondary N) is 1. The van der Waals surface area contributed by atoms with Gasteiger partial charge in [-0.2, -0.15) is 5.10 Å². The molecule has 0 bridgehead atoms. The molecule has 0 aliphatic heterocycles. The lowest BCUT2D eigenvalue weighted by atomic mass is 10.2. The van der Waals surface area contributed by atoms with Crippen LogP contribution in [0.25, 0.3) is 17.1 Å². The molecule has 37 heavy (non-hydrogen) atoms. The van der Waals surface area contributed by atoms with Crippen LogP contribution in [0.15, 0.2) is 77.0 Å². The van der Waals surface area contributed by atoms with Gasteiger partial charge in [0.05, 0.1) is 33.3 Å². The fourth-order valence-corrected chi connectivity index (χ4v) is 4.26. The lowest BCUT2D eigenvalue weighted by molar-refractivity contribution is -0.118. The van der Waals surface area contributed by atoms with E-state index in [0.29, 0.717) is 27.5 Å². The van der Waals surface area contributed by atoms with Crippen LogP contribution in [0.4, 0.5) is 0 Å². The molecule has 0 atom stereocenters. The number of carbonyl (C=O) groups is 1. The maximum atomic E-state index is 12.5. The summed E-state index contributed by atoms with van der Waals surface area (Å²) >= 11 is 7.34. The molecule has 1 aromatic heterocycles. The SMILES string of the molecule is COc1ccc(-c2nnc(SCC(=O)NN=Cc3ccc(OC)c(OC)c3)n2-c2ccc(Cl)cc2)cc1. The smallest absolute Gasteiger partial charge is 0.250 e. The Labute approximate surface area is 223 Å². The van der Waals surface area contributed by atoms with Gasteiger partial charge in [-0.3, -0.25) is 9.36 Å². The summed E-state index contributed by atoms with van der Waals surface area (Å²) in [7, 11) is 4.74. The highest BCUT2D eigenvalue weighted by Crippen LogP contribution is 2.30. The van der Waals surface area contributed by atoms with Crippen LogP contribution in [0.2, 0.25) is 5.02 Å². The molecular weight excluding hydrogens is 514 g/mol. The van der Waals surface area contributed by atoms with Gasteiger partial charge in [0.1, 0.15) is 5.75 Å². The van der Waals surface area contributed by atoms with Gasteiger partial charge in [0.2, 0.25) is 0 Å². The van der Waals surface area contributed by atoms with E-state index in [1.807, 2.05) is 41.0 Å². The highest BCUT2D eigenvalue weighted by Gasteiger charge is 2.17. The molecule has 4 rings (SSSR count). The van der Waals surface area contributed by atoms with E-state index in [2.05, 4.69) is 20.7 Å². The van der Waals surface area contributed by atoms with Crippen LogP contribution in [-0.4, -0.2) is 54.0 Å². The number of halogens is 1. The number of hydrazone groups is 1. The van der Waals surface area contributed by atoms with Crippen LogP contribution in [0.5, 0.6) is 17.2 Å². The molecule has 190 valence electrons. The predicted molar refractivity (Wildman–Crippen MR) is 144 cm³/mol. The van der Waals surface area contributed by atoms with E-state index in [1.54, 1.807) is 51.7 Å². The first-order valence-electron chi connectivity index (χ1n) is 11.0. The highest BCUT2D eigenvalue weighted by molar-refractivity contribution is 7.99. The lowest BCUT2D eigenvalue weighted by Crippen LogP contribution is -2.20. The molecule has 0 saturated carbocycles. The molecule has 4 aromatic rings. The largest absolute Gasteiger partial charge is 0.497 e. The van der Waals surface area contributed by atoms with E-state index in [9.17, 15) is 4.79 Å². The number of amides is 1.